The summed E-state index contributed by atoms with van der Waals surface area (Å²) in [6, 6.07) is 9.99. The van der Waals surface area contributed by atoms with Crippen LogP contribution in [0.3, 0.4) is 0 Å². The minimum atomic E-state index is -0.413. The summed E-state index contributed by atoms with van der Waals surface area (Å²) in [7, 11) is 1.62. The monoisotopic (exact) mass is 481 g/mol. The van der Waals surface area contributed by atoms with Crippen LogP contribution >= 0.6 is 50.1 Å². The summed E-state index contributed by atoms with van der Waals surface area (Å²) in [5.41, 5.74) is 0.855. The standard InChI is InChI=1S/C15H11BrClFINO/c1-20(8-11-13(17)3-2-4-14(11)18)15(21)10-7-9(19)5-6-12(10)16/h2-7H,8H2,1H3. The van der Waals surface area contributed by atoms with E-state index in [4.69, 9.17) is 11.6 Å². The lowest BCUT2D eigenvalue weighted by molar-refractivity contribution is 0.0783. The van der Waals surface area contributed by atoms with Crippen molar-refractivity contribution in [3.8, 4) is 0 Å². The van der Waals surface area contributed by atoms with Crippen LogP contribution in [0.5, 0.6) is 0 Å². The Kier molecular flexibility index (Phi) is 5.62. The first-order valence-corrected chi connectivity index (χ1v) is 8.28. The fourth-order valence-corrected chi connectivity index (χ4v) is 2.99. The molecule has 21 heavy (non-hydrogen) atoms. The van der Waals surface area contributed by atoms with Gasteiger partial charge in [-0.15, -0.1) is 0 Å². The maximum Gasteiger partial charge on any atom is 0.255 e. The molecule has 0 saturated carbocycles. The van der Waals surface area contributed by atoms with Crippen LogP contribution in [0.2, 0.25) is 5.02 Å². The molecule has 0 bridgehead atoms. The summed E-state index contributed by atoms with van der Waals surface area (Å²) < 4.78 is 15.5. The van der Waals surface area contributed by atoms with Crippen molar-refractivity contribution in [2.75, 3.05) is 7.05 Å². The molecule has 0 spiro atoms. The summed E-state index contributed by atoms with van der Waals surface area (Å²) in [5, 5.41) is 0.316. The Morgan fingerprint density at radius 2 is 2.10 bits per heavy atom. The van der Waals surface area contributed by atoms with Crippen molar-refractivity contribution in [2.24, 2.45) is 0 Å². The molecule has 2 rings (SSSR count). The molecule has 2 aromatic rings. The van der Waals surface area contributed by atoms with Gasteiger partial charge in [-0.2, -0.15) is 0 Å². The number of halogens is 4. The number of rotatable bonds is 3. The van der Waals surface area contributed by atoms with Gasteiger partial charge in [0.1, 0.15) is 5.82 Å². The van der Waals surface area contributed by atoms with Gasteiger partial charge in [0.2, 0.25) is 0 Å². The van der Waals surface area contributed by atoms with Gasteiger partial charge in [-0.25, -0.2) is 4.39 Å². The molecule has 0 heterocycles. The molecule has 0 atom stereocenters. The normalized spacial score (nSPS) is 10.5. The first-order valence-electron chi connectivity index (χ1n) is 6.03. The van der Waals surface area contributed by atoms with Gasteiger partial charge >= 0.3 is 0 Å². The van der Waals surface area contributed by atoms with Gasteiger partial charge in [-0.3, -0.25) is 4.79 Å². The lowest BCUT2D eigenvalue weighted by atomic mass is 10.1. The summed E-state index contributed by atoms with van der Waals surface area (Å²) in [4.78, 5) is 13.9. The molecule has 0 aliphatic rings. The van der Waals surface area contributed by atoms with Gasteiger partial charge in [-0.1, -0.05) is 17.7 Å². The molecular weight excluding hydrogens is 471 g/mol. The van der Waals surface area contributed by atoms with Crippen LogP contribution in [0, 0.1) is 9.39 Å². The molecule has 2 nitrogen and oxygen atoms in total. The van der Waals surface area contributed by atoms with Crippen LogP contribution in [0.4, 0.5) is 4.39 Å². The summed E-state index contributed by atoms with van der Waals surface area (Å²) in [5.74, 6) is -0.608. The Morgan fingerprint density at radius 3 is 2.76 bits per heavy atom. The van der Waals surface area contributed by atoms with Crippen LogP contribution in [-0.4, -0.2) is 17.9 Å². The minimum Gasteiger partial charge on any atom is -0.337 e. The highest BCUT2D eigenvalue weighted by Gasteiger charge is 2.18. The fourth-order valence-electron chi connectivity index (χ4n) is 1.86. The van der Waals surface area contributed by atoms with Crippen molar-refractivity contribution >= 4 is 56.0 Å². The van der Waals surface area contributed by atoms with E-state index in [0.29, 0.717) is 20.6 Å². The third-order valence-electron chi connectivity index (χ3n) is 2.96. The Morgan fingerprint density at radius 1 is 1.38 bits per heavy atom. The third-order valence-corrected chi connectivity index (χ3v) is 4.68. The summed E-state index contributed by atoms with van der Waals surface area (Å²) in [6.07, 6.45) is 0. The molecule has 0 N–H and O–H groups in total. The second kappa shape index (κ2) is 7.07. The molecule has 0 aromatic heterocycles. The fraction of sp³-hybridized carbons (Fsp3) is 0.133. The number of hydrogen-bond acceptors (Lipinski definition) is 1. The zero-order chi connectivity index (χ0) is 15.6. The van der Waals surface area contributed by atoms with Gasteiger partial charge in [0.25, 0.3) is 5.91 Å². The van der Waals surface area contributed by atoms with Gasteiger partial charge < -0.3 is 4.90 Å². The number of nitrogens with zero attached hydrogens (tertiary/aromatic N) is 1. The van der Waals surface area contributed by atoms with Crippen LogP contribution in [0.25, 0.3) is 0 Å². The number of benzene rings is 2. The SMILES string of the molecule is CN(Cc1c(F)cccc1Cl)C(=O)c1cc(I)ccc1Br. The average Bonchev–Trinajstić information content (AvgIpc) is 2.44. The quantitative estimate of drug-likeness (QED) is 0.557. The molecule has 0 fully saturated rings. The van der Waals surface area contributed by atoms with Gasteiger partial charge in [-0.05, 0) is 68.9 Å². The van der Waals surface area contributed by atoms with E-state index in [1.807, 2.05) is 12.1 Å². The Balaban J connectivity index is 2.26. The van der Waals surface area contributed by atoms with E-state index in [1.165, 1.54) is 11.0 Å². The van der Waals surface area contributed by atoms with Crippen LogP contribution in [0.1, 0.15) is 15.9 Å². The van der Waals surface area contributed by atoms with Crippen LogP contribution in [-0.2, 0) is 6.54 Å². The maximum atomic E-state index is 13.8. The molecule has 2 aromatic carbocycles. The molecule has 0 aliphatic heterocycles. The highest BCUT2D eigenvalue weighted by molar-refractivity contribution is 14.1. The summed E-state index contributed by atoms with van der Waals surface area (Å²) in [6.45, 7) is 0.113. The molecule has 0 aliphatic carbocycles. The molecule has 0 saturated heterocycles. The lowest BCUT2D eigenvalue weighted by Gasteiger charge is -2.19. The Hall–Kier alpha value is -0.660. The van der Waals surface area contributed by atoms with E-state index >= 15 is 0 Å². The van der Waals surface area contributed by atoms with Crippen molar-refractivity contribution in [3.63, 3.8) is 0 Å². The minimum absolute atomic E-state index is 0.113. The second-order valence-electron chi connectivity index (χ2n) is 4.49. The molecule has 6 heteroatoms. The number of hydrogen-bond donors (Lipinski definition) is 0. The average molecular weight is 483 g/mol. The highest BCUT2D eigenvalue weighted by atomic mass is 127. The van der Waals surface area contributed by atoms with Gasteiger partial charge in [0.15, 0.2) is 0 Å². The van der Waals surface area contributed by atoms with Crippen molar-refractivity contribution in [3.05, 3.63) is 66.4 Å². The molecule has 0 unspecified atom stereocenters. The molecular formula is C15H11BrClFINO. The lowest BCUT2D eigenvalue weighted by Crippen LogP contribution is -2.27. The van der Waals surface area contributed by atoms with Crippen molar-refractivity contribution in [1.82, 2.24) is 4.90 Å². The molecule has 1 amide bonds. The van der Waals surface area contributed by atoms with E-state index in [0.717, 1.165) is 3.57 Å². The number of carbonyl (C=O) groups excluding carboxylic acids is 1. The largest absolute Gasteiger partial charge is 0.337 e. The van der Waals surface area contributed by atoms with E-state index in [9.17, 15) is 9.18 Å². The smallest absolute Gasteiger partial charge is 0.255 e. The third kappa shape index (κ3) is 3.96. The van der Waals surface area contributed by atoms with Crippen molar-refractivity contribution < 1.29 is 9.18 Å². The van der Waals surface area contributed by atoms with Crippen molar-refractivity contribution in [2.45, 2.75) is 6.54 Å². The highest BCUT2D eigenvalue weighted by Crippen LogP contribution is 2.24. The Bertz CT molecular complexity index is 675. The molecule has 110 valence electrons. The zero-order valence-electron chi connectivity index (χ0n) is 11.0. The van der Waals surface area contributed by atoms with E-state index < -0.39 is 5.82 Å². The predicted octanol–water partition coefficient (Wildman–Crippen LogP) is 5.12. The van der Waals surface area contributed by atoms with Gasteiger partial charge in [0, 0.05) is 32.2 Å². The van der Waals surface area contributed by atoms with E-state index in [-0.39, 0.29) is 12.5 Å². The second-order valence-corrected chi connectivity index (χ2v) is 6.99. The summed E-state index contributed by atoms with van der Waals surface area (Å²) >= 11 is 11.5. The molecule has 0 radical (unpaired) electrons. The first kappa shape index (κ1) is 16.7. The predicted molar refractivity (Wildman–Crippen MR) is 94.1 cm³/mol. The number of amides is 1. The zero-order valence-corrected chi connectivity index (χ0v) is 15.5. The van der Waals surface area contributed by atoms with Gasteiger partial charge in [0.05, 0.1) is 5.56 Å². The number of carbonyl (C=O) groups is 1. The first-order chi connectivity index (χ1) is 9.90. The van der Waals surface area contributed by atoms with E-state index in [1.54, 1.807) is 25.2 Å². The van der Waals surface area contributed by atoms with Crippen LogP contribution in [0.15, 0.2) is 40.9 Å². The van der Waals surface area contributed by atoms with E-state index in [2.05, 4.69) is 38.5 Å². The van der Waals surface area contributed by atoms with Crippen molar-refractivity contribution in [1.29, 1.82) is 0 Å². The Labute approximate surface area is 149 Å². The maximum absolute atomic E-state index is 13.8. The topological polar surface area (TPSA) is 20.3 Å². The van der Waals surface area contributed by atoms with Crippen LogP contribution < -0.4 is 0 Å².